The monoisotopic (exact) mass is 414 g/mol. The number of aryl methyl sites for hydroxylation is 1. The number of rotatable bonds is 9. The van der Waals surface area contributed by atoms with Gasteiger partial charge in [-0.25, -0.2) is 13.1 Å². The van der Waals surface area contributed by atoms with E-state index in [2.05, 4.69) is 10.0 Å². The molecule has 0 aliphatic heterocycles. The fourth-order valence-electron chi connectivity index (χ4n) is 2.77. The highest BCUT2D eigenvalue weighted by Gasteiger charge is 2.23. The minimum Gasteiger partial charge on any atom is -0.496 e. The summed E-state index contributed by atoms with van der Waals surface area (Å²) in [6.07, 6.45) is 0.839. The molecule has 0 amide bonds. The van der Waals surface area contributed by atoms with Crippen molar-refractivity contribution in [3.05, 3.63) is 22.8 Å². The first kappa shape index (κ1) is 23.7. The van der Waals surface area contributed by atoms with Crippen LogP contribution in [0.5, 0.6) is 5.75 Å². The number of ether oxygens (including phenoxy) is 2. The first-order chi connectivity index (χ1) is 13.0. The predicted molar refractivity (Wildman–Crippen MR) is 107 cm³/mol. The number of carbonyl (C=O) groups excluding carboxylic acids is 1. The van der Waals surface area contributed by atoms with Gasteiger partial charge in [-0.15, -0.1) is 0 Å². The zero-order valence-corrected chi connectivity index (χ0v) is 17.8. The summed E-state index contributed by atoms with van der Waals surface area (Å²) in [6.45, 7) is 7.41. The van der Waals surface area contributed by atoms with Crippen molar-refractivity contribution < 1.29 is 22.7 Å². The Kier molecular flexibility index (Phi) is 8.70. The molecule has 0 saturated heterocycles. The SMILES string of the molecule is CCOC(=O)[C@@H](N)CCCNC(=N)NS(=O)(=O)c1c(C)cc(OC)c(C)c1C. The first-order valence-electron chi connectivity index (χ1n) is 8.97. The molecule has 10 heteroatoms. The number of nitrogens with one attached hydrogen (secondary N) is 3. The number of sulfonamides is 1. The molecule has 1 aromatic rings. The molecule has 1 rings (SSSR count). The Morgan fingerprint density at radius 3 is 2.50 bits per heavy atom. The number of carbonyl (C=O) groups is 1. The molecule has 9 nitrogen and oxygen atoms in total. The van der Waals surface area contributed by atoms with E-state index in [1.807, 2.05) is 0 Å². The molecule has 0 spiro atoms. The van der Waals surface area contributed by atoms with Crippen molar-refractivity contribution >= 4 is 22.0 Å². The lowest BCUT2D eigenvalue weighted by molar-refractivity contribution is -0.144. The first-order valence-corrected chi connectivity index (χ1v) is 10.5. The minimum absolute atomic E-state index is 0.127. The van der Waals surface area contributed by atoms with Gasteiger partial charge in [0.25, 0.3) is 10.0 Å². The fraction of sp³-hybridized carbons (Fsp3) is 0.556. The molecular weight excluding hydrogens is 384 g/mol. The highest BCUT2D eigenvalue weighted by atomic mass is 32.2. The van der Waals surface area contributed by atoms with Crippen LogP contribution in [0.25, 0.3) is 0 Å². The maximum atomic E-state index is 12.7. The largest absolute Gasteiger partial charge is 0.496 e. The molecule has 1 atom stereocenters. The van der Waals surface area contributed by atoms with Crippen LogP contribution in [-0.4, -0.2) is 46.6 Å². The lowest BCUT2D eigenvalue weighted by atomic mass is 10.1. The van der Waals surface area contributed by atoms with Crippen molar-refractivity contribution in [2.24, 2.45) is 5.73 Å². The molecule has 158 valence electrons. The van der Waals surface area contributed by atoms with Gasteiger partial charge in [-0.2, -0.15) is 0 Å². The van der Waals surface area contributed by atoms with Crippen molar-refractivity contribution in [3.8, 4) is 5.75 Å². The van der Waals surface area contributed by atoms with Crippen LogP contribution in [0.2, 0.25) is 0 Å². The number of guanidine groups is 1. The molecule has 0 aliphatic rings. The normalized spacial score (nSPS) is 12.2. The molecule has 28 heavy (non-hydrogen) atoms. The van der Waals surface area contributed by atoms with E-state index in [1.165, 1.54) is 7.11 Å². The molecule has 0 aromatic heterocycles. The van der Waals surface area contributed by atoms with Gasteiger partial charge in [0, 0.05) is 6.54 Å². The quantitative estimate of drug-likeness (QED) is 0.205. The molecular formula is C18H30N4O5S. The molecule has 5 N–H and O–H groups in total. The van der Waals surface area contributed by atoms with Gasteiger partial charge in [-0.3, -0.25) is 10.2 Å². The van der Waals surface area contributed by atoms with Crippen LogP contribution in [0, 0.1) is 26.2 Å². The van der Waals surface area contributed by atoms with Crippen molar-refractivity contribution in [1.29, 1.82) is 5.41 Å². The Morgan fingerprint density at radius 2 is 1.93 bits per heavy atom. The van der Waals surface area contributed by atoms with Gasteiger partial charge in [0.05, 0.1) is 18.6 Å². The van der Waals surface area contributed by atoms with E-state index in [0.29, 0.717) is 29.7 Å². The maximum absolute atomic E-state index is 12.7. The maximum Gasteiger partial charge on any atom is 0.322 e. The predicted octanol–water partition coefficient (Wildman–Crippen LogP) is 1.09. The zero-order valence-electron chi connectivity index (χ0n) is 17.0. The van der Waals surface area contributed by atoms with E-state index in [-0.39, 0.29) is 24.0 Å². The fourth-order valence-corrected chi connectivity index (χ4v) is 4.25. The van der Waals surface area contributed by atoms with E-state index in [1.54, 1.807) is 33.8 Å². The van der Waals surface area contributed by atoms with E-state index in [4.69, 9.17) is 20.6 Å². The molecule has 0 heterocycles. The van der Waals surface area contributed by atoms with Crippen LogP contribution < -0.4 is 20.5 Å². The number of hydrogen-bond acceptors (Lipinski definition) is 7. The number of esters is 1. The lowest BCUT2D eigenvalue weighted by Crippen LogP contribution is -2.41. The van der Waals surface area contributed by atoms with Gasteiger partial charge in [0.15, 0.2) is 0 Å². The average Bonchev–Trinajstić information content (AvgIpc) is 2.61. The molecule has 0 bridgehead atoms. The van der Waals surface area contributed by atoms with Gasteiger partial charge < -0.3 is 20.5 Å². The van der Waals surface area contributed by atoms with Crippen molar-refractivity contribution in [1.82, 2.24) is 10.0 Å². The molecule has 0 radical (unpaired) electrons. The Labute approximate surface area is 166 Å². The zero-order chi connectivity index (χ0) is 21.5. The second kappa shape index (κ2) is 10.3. The molecule has 0 unspecified atom stereocenters. The van der Waals surface area contributed by atoms with Crippen molar-refractivity contribution in [3.63, 3.8) is 0 Å². The van der Waals surface area contributed by atoms with Crippen LogP contribution in [0.3, 0.4) is 0 Å². The Hall–Kier alpha value is -2.33. The third-order valence-electron chi connectivity index (χ3n) is 4.29. The number of nitrogens with two attached hydrogens (primary N) is 1. The van der Waals surface area contributed by atoms with Gasteiger partial charge in [0.2, 0.25) is 5.96 Å². The summed E-state index contributed by atoms with van der Waals surface area (Å²) in [5, 5.41) is 10.5. The third kappa shape index (κ3) is 6.10. The van der Waals surface area contributed by atoms with Crippen LogP contribution in [0.15, 0.2) is 11.0 Å². The van der Waals surface area contributed by atoms with Crippen LogP contribution >= 0.6 is 0 Å². The summed E-state index contributed by atoms with van der Waals surface area (Å²) in [7, 11) is -2.41. The van der Waals surface area contributed by atoms with E-state index >= 15 is 0 Å². The standard InChI is InChI=1S/C18H30N4O5S/c1-6-27-17(23)14(19)8-7-9-21-18(20)22-28(24,25)16-11(2)10-15(26-5)12(3)13(16)4/h10,14H,6-9,19H2,1-5H3,(H3,20,21,22)/t14-/m0/s1. The Morgan fingerprint density at radius 1 is 1.29 bits per heavy atom. The van der Waals surface area contributed by atoms with Gasteiger partial charge >= 0.3 is 5.97 Å². The Bertz CT molecular complexity index is 824. The topological polar surface area (TPSA) is 144 Å². The Balaban J connectivity index is 2.69. The van der Waals surface area contributed by atoms with E-state index in [0.717, 1.165) is 5.56 Å². The third-order valence-corrected chi connectivity index (χ3v) is 5.93. The van der Waals surface area contributed by atoms with Crippen molar-refractivity contribution in [2.45, 2.75) is 51.5 Å². The summed E-state index contributed by atoms with van der Waals surface area (Å²) in [5.74, 6) is -0.212. The van der Waals surface area contributed by atoms with Gasteiger partial charge in [-0.1, -0.05) is 0 Å². The summed E-state index contributed by atoms with van der Waals surface area (Å²) in [5.41, 5.74) is 7.51. The van der Waals surface area contributed by atoms with E-state index < -0.39 is 22.0 Å². The second-order valence-corrected chi connectivity index (χ2v) is 8.00. The number of hydrogen-bond donors (Lipinski definition) is 4. The number of methoxy groups -OCH3 is 1. The molecule has 0 fully saturated rings. The molecule has 0 aliphatic carbocycles. The number of benzene rings is 1. The summed E-state index contributed by atoms with van der Waals surface area (Å²) in [4.78, 5) is 11.6. The van der Waals surface area contributed by atoms with Gasteiger partial charge in [0.1, 0.15) is 11.8 Å². The van der Waals surface area contributed by atoms with Crippen LogP contribution in [-0.2, 0) is 19.6 Å². The van der Waals surface area contributed by atoms with E-state index in [9.17, 15) is 13.2 Å². The van der Waals surface area contributed by atoms with Gasteiger partial charge in [-0.05, 0) is 63.3 Å². The van der Waals surface area contributed by atoms with Crippen molar-refractivity contribution in [2.75, 3.05) is 20.3 Å². The minimum atomic E-state index is -3.93. The smallest absolute Gasteiger partial charge is 0.322 e. The average molecular weight is 415 g/mol. The van der Waals surface area contributed by atoms with Crippen LogP contribution in [0.4, 0.5) is 0 Å². The molecule has 0 saturated carbocycles. The van der Waals surface area contributed by atoms with Crippen LogP contribution in [0.1, 0.15) is 36.5 Å². The second-order valence-electron chi connectivity index (χ2n) is 6.38. The molecule has 1 aromatic carbocycles. The highest BCUT2D eigenvalue weighted by Crippen LogP contribution is 2.30. The summed E-state index contributed by atoms with van der Waals surface area (Å²) >= 11 is 0. The summed E-state index contributed by atoms with van der Waals surface area (Å²) < 4.78 is 37.8. The lowest BCUT2D eigenvalue weighted by Gasteiger charge is -2.18. The summed E-state index contributed by atoms with van der Waals surface area (Å²) in [6, 6.07) is 0.922. The highest BCUT2D eigenvalue weighted by molar-refractivity contribution is 7.90.